The average Bonchev–Trinajstić information content (AvgIpc) is 2.43. The number of hydrogen-bond acceptors (Lipinski definition) is 5. The zero-order valence-electron chi connectivity index (χ0n) is 13.5. The molecule has 0 radical (unpaired) electrons. The van der Waals surface area contributed by atoms with Crippen LogP contribution in [0.25, 0.3) is 0 Å². The molecule has 0 aliphatic carbocycles. The van der Waals surface area contributed by atoms with Gasteiger partial charge in [-0.15, -0.1) is 0 Å². The number of ether oxygens (including phenoxy) is 1. The van der Waals surface area contributed by atoms with Crippen molar-refractivity contribution in [2.24, 2.45) is 0 Å². The van der Waals surface area contributed by atoms with Gasteiger partial charge in [0, 0.05) is 19.1 Å². The molecule has 1 N–H and O–H groups in total. The number of likely N-dealkylation sites (N-methyl/N-ethyl adjacent to an activating group) is 3. The van der Waals surface area contributed by atoms with Gasteiger partial charge in [-0.2, -0.15) is 0 Å². The van der Waals surface area contributed by atoms with E-state index in [0.717, 1.165) is 26.1 Å². The third kappa shape index (κ3) is 5.77. The molecule has 20 heavy (non-hydrogen) atoms. The van der Waals surface area contributed by atoms with Crippen molar-refractivity contribution >= 4 is 5.97 Å². The minimum Gasteiger partial charge on any atom is -0.465 e. The highest BCUT2D eigenvalue weighted by Crippen LogP contribution is 2.14. The summed E-state index contributed by atoms with van der Waals surface area (Å²) in [6.07, 6.45) is 3.33. The molecule has 2 atom stereocenters. The first-order valence-corrected chi connectivity index (χ1v) is 7.87. The number of nitrogens with zero attached hydrogens (tertiary/aromatic N) is 2. The van der Waals surface area contributed by atoms with E-state index < -0.39 is 0 Å². The summed E-state index contributed by atoms with van der Waals surface area (Å²) in [5, 5.41) is 3.22. The second-order valence-electron chi connectivity index (χ2n) is 5.69. The van der Waals surface area contributed by atoms with Gasteiger partial charge in [0.15, 0.2) is 0 Å². The van der Waals surface area contributed by atoms with E-state index in [9.17, 15) is 4.79 Å². The van der Waals surface area contributed by atoms with Crippen LogP contribution in [0.3, 0.4) is 0 Å². The van der Waals surface area contributed by atoms with Gasteiger partial charge in [0.2, 0.25) is 0 Å². The van der Waals surface area contributed by atoms with Crippen LogP contribution in [0.1, 0.15) is 33.1 Å². The van der Waals surface area contributed by atoms with Crippen LogP contribution < -0.4 is 5.32 Å². The fourth-order valence-electron chi connectivity index (χ4n) is 2.81. The molecule has 0 aromatic carbocycles. The van der Waals surface area contributed by atoms with Crippen LogP contribution in [-0.4, -0.2) is 74.7 Å². The first-order chi connectivity index (χ1) is 9.58. The molecule has 0 bridgehead atoms. The van der Waals surface area contributed by atoms with Crippen molar-refractivity contribution in [2.75, 3.05) is 46.9 Å². The molecule has 5 nitrogen and oxygen atoms in total. The van der Waals surface area contributed by atoms with Crippen LogP contribution in [0, 0.1) is 0 Å². The molecule has 1 aliphatic rings. The molecule has 118 valence electrons. The highest BCUT2D eigenvalue weighted by Gasteiger charge is 2.23. The predicted molar refractivity (Wildman–Crippen MR) is 81.9 cm³/mol. The zero-order chi connectivity index (χ0) is 15.0. The van der Waals surface area contributed by atoms with Crippen molar-refractivity contribution in [3.63, 3.8) is 0 Å². The van der Waals surface area contributed by atoms with Crippen molar-refractivity contribution in [1.82, 2.24) is 15.1 Å². The van der Waals surface area contributed by atoms with Crippen LogP contribution >= 0.6 is 0 Å². The summed E-state index contributed by atoms with van der Waals surface area (Å²) in [5.41, 5.74) is 0. The van der Waals surface area contributed by atoms with E-state index in [1.54, 1.807) is 0 Å². The normalized spacial score (nSPS) is 21.9. The van der Waals surface area contributed by atoms with Crippen LogP contribution in [0.5, 0.6) is 0 Å². The lowest BCUT2D eigenvalue weighted by Crippen LogP contribution is -2.47. The van der Waals surface area contributed by atoms with E-state index >= 15 is 0 Å². The third-order valence-corrected chi connectivity index (χ3v) is 4.02. The predicted octanol–water partition coefficient (Wildman–Crippen LogP) is 0.944. The SMILES string of the molecule is CCNC(CCN(C)C1CCCN(C)C1)C(=O)OCC. The number of nitrogens with one attached hydrogen (secondary N) is 1. The molecule has 0 spiro atoms. The van der Waals surface area contributed by atoms with Crippen molar-refractivity contribution < 1.29 is 9.53 Å². The summed E-state index contributed by atoms with van der Waals surface area (Å²) in [6, 6.07) is 0.432. The lowest BCUT2D eigenvalue weighted by Gasteiger charge is -2.36. The Bertz CT molecular complexity index is 286. The Kier molecular flexibility index (Phi) is 8.11. The number of likely N-dealkylation sites (tertiary alicyclic amines) is 1. The maximum Gasteiger partial charge on any atom is 0.323 e. The fraction of sp³-hybridized carbons (Fsp3) is 0.933. The number of esters is 1. The summed E-state index contributed by atoms with van der Waals surface area (Å²) in [5.74, 6) is -0.122. The van der Waals surface area contributed by atoms with Crippen LogP contribution in [0.15, 0.2) is 0 Å². The third-order valence-electron chi connectivity index (χ3n) is 4.02. The minimum absolute atomic E-state index is 0.122. The topological polar surface area (TPSA) is 44.8 Å². The molecular formula is C15H31N3O2. The molecule has 1 rings (SSSR count). The number of rotatable bonds is 8. The molecule has 0 aromatic heterocycles. The standard InChI is InChI=1S/C15H31N3O2/c1-5-16-14(15(19)20-6-2)9-11-18(4)13-8-7-10-17(3)12-13/h13-14,16H,5-12H2,1-4H3. The number of hydrogen-bond donors (Lipinski definition) is 1. The van der Waals surface area contributed by atoms with Crippen LogP contribution in [0.4, 0.5) is 0 Å². The molecule has 2 unspecified atom stereocenters. The lowest BCUT2D eigenvalue weighted by atomic mass is 10.0. The molecule has 0 aromatic rings. The Balaban J connectivity index is 2.39. The van der Waals surface area contributed by atoms with Crippen molar-refractivity contribution in [1.29, 1.82) is 0 Å². The van der Waals surface area contributed by atoms with Gasteiger partial charge >= 0.3 is 5.97 Å². The van der Waals surface area contributed by atoms with E-state index in [4.69, 9.17) is 4.74 Å². The summed E-state index contributed by atoms with van der Waals surface area (Å²) < 4.78 is 5.12. The fourth-order valence-corrected chi connectivity index (χ4v) is 2.81. The maximum absolute atomic E-state index is 11.9. The van der Waals surface area contributed by atoms with E-state index in [2.05, 4.69) is 29.2 Å². The van der Waals surface area contributed by atoms with Gasteiger partial charge in [-0.25, -0.2) is 0 Å². The Morgan fingerprint density at radius 2 is 2.25 bits per heavy atom. The molecule has 1 saturated heterocycles. The maximum atomic E-state index is 11.9. The Labute approximate surface area is 123 Å². The van der Waals surface area contributed by atoms with Gasteiger partial charge in [-0.3, -0.25) is 4.79 Å². The molecule has 1 aliphatic heterocycles. The van der Waals surface area contributed by atoms with Crippen molar-refractivity contribution in [3.05, 3.63) is 0 Å². The van der Waals surface area contributed by atoms with Gasteiger partial charge in [-0.05, 0) is 53.4 Å². The number of carbonyl (C=O) groups excluding carboxylic acids is 1. The molecule has 0 amide bonds. The Morgan fingerprint density at radius 1 is 1.50 bits per heavy atom. The van der Waals surface area contributed by atoms with Gasteiger partial charge < -0.3 is 19.9 Å². The Morgan fingerprint density at radius 3 is 2.85 bits per heavy atom. The van der Waals surface area contributed by atoms with E-state index in [1.165, 1.54) is 19.4 Å². The largest absolute Gasteiger partial charge is 0.465 e. The van der Waals surface area contributed by atoms with Crippen molar-refractivity contribution in [3.8, 4) is 0 Å². The molecule has 1 heterocycles. The average molecular weight is 285 g/mol. The number of carbonyl (C=O) groups is 1. The monoisotopic (exact) mass is 285 g/mol. The molecule has 1 fully saturated rings. The van der Waals surface area contributed by atoms with Gasteiger partial charge in [0.1, 0.15) is 6.04 Å². The van der Waals surface area contributed by atoms with Gasteiger partial charge in [-0.1, -0.05) is 6.92 Å². The van der Waals surface area contributed by atoms with Crippen LogP contribution in [0.2, 0.25) is 0 Å². The van der Waals surface area contributed by atoms with E-state index in [0.29, 0.717) is 12.6 Å². The van der Waals surface area contributed by atoms with Crippen LogP contribution in [-0.2, 0) is 9.53 Å². The van der Waals surface area contributed by atoms with E-state index in [1.807, 2.05) is 13.8 Å². The quantitative estimate of drug-likeness (QED) is 0.673. The summed E-state index contributed by atoms with van der Waals surface area (Å²) >= 11 is 0. The summed E-state index contributed by atoms with van der Waals surface area (Å²) in [4.78, 5) is 16.6. The van der Waals surface area contributed by atoms with Gasteiger partial charge in [0.05, 0.1) is 6.61 Å². The highest BCUT2D eigenvalue weighted by atomic mass is 16.5. The second-order valence-corrected chi connectivity index (χ2v) is 5.69. The van der Waals surface area contributed by atoms with Crippen molar-refractivity contribution in [2.45, 2.75) is 45.2 Å². The lowest BCUT2D eigenvalue weighted by molar-refractivity contribution is -0.145. The summed E-state index contributed by atoms with van der Waals surface area (Å²) in [6.45, 7) is 8.37. The highest BCUT2D eigenvalue weighted by molar-refractivity contribution is 5.75. The smallest absolute Gasteiger partial charge is 0.323 e. The molecular weight excluding hydrogens is 254 g/mol. The Hall–Kier alpha value is -0.650. The summed E-state index contributed by atoms with van der Waals surface area (Å²) in [7, 11) is 4.35. The molecule has 5 heteroatoms. The number of piperidine rings is 1. The molecule has 0 saturated carbocycles. The van der Waals surface area contributed by atoms with Gasteiger partial charge in [0.25, 0.3) is 0 Å². The zero-order valence-corrected chi connectivity index (χ0v) is 13.5. The second kappa shape index (κ2) is 9.32. The minimum atomic E-state index is -0.177. The first-order valence-electron chi connectivity index (χ1n) is 7.87. The van der Waals surface area contributed by atoms with E-state index in [-0.39, 0.29) is 12.0 Å². The first kappa shape index (κ1) is 17.4.